The number of aromatic amines is 1. The molecule has 0 saturated carbocycles. The van der Waals surface area contributed by atoms with E-state index in [1.54, 1.807) is 24.3 Å². The van der Waals surface area contributed by atoms with E-state index in [4.69, 9.17) is 22.2 Å². The number of amides is 1. The minimum atomic E-state index is -0.357. The summed E-state index contributed by atoms with van der Waals surface area (Å²) in [6, 6.07) is 6.96. The Morgan fingerprint density at radius 1 is 1.42 bits per heavy atom. The van der Waals surface area contributed by atoms with Crippen LogP contribution in [0.5, 0.6) is 5.75 Å². The highest BCUT2D eigenvalue weighted by Gasteiger charge is 2.08. The fourth-order valence-electron chi connectivity index (χ4n) is 1.36. The molecule has 0 bridgehead atoms. The summed E-state index contributed by atoms with van der Waals surface area (Å²) in [6.45, 7) is 0.221. The van der Waals surface area contributed by atoms with Gasteiger partial charge < -0.3 is 4.74 Å². The number of rotatable bonds is 5. The maximum Gasteiger partial charge on any atom is 0.241 e. The first kappa shape index (κ1) is 13.3. The largest absolute Gasteiger partial charge is 0.486 e. The molecule has 0 spiro atoms. The van der Waals surface area contributed by atoms with Crippen LogP contribution in [0.4, 0.5) is 0 Å². The van der Waals surface area contributed by atoms with Gasteiger partial charge in [0.2, 0.25) is 5.91 Å². The molecule has 0 unspecified atom stereocenters. The van der Waals surface area contributed by atoms with Crippen molar-refractivity contribution in [3.05, 3.63) is 40.9 Å². The lowest BCUT2D eigenvalue weighted by molar-refractivity contribution is -0.120. The zero-order chi connectivity index (χ0) is 13.7. The van der Waals surface area contributed by atoms with Crippen LogP contribution in [-0.2, 0) is 17.8 Å². The van der Waals surface area contributed by atoms with E-state index in [0.717, 1.165) is 0 Å². The summed E-state index contributed by atoms with van der Waals surface area (Å²) >= 11 is 5.76. The Morgan fingerprint density at radius 3 is 2.84 bits per heavy atom. The minimum Gasteiger partial charge on any atom is -0.486 e. The highest BCUT2D eigenvalue weighted by molar-refractivity contribution is 6.30. The molecular weight excluding hydrogens is 270 g/mol. The van der Waals surface area contributed by atoms with E-state index in [2.05, 4.69) is 15.2 Å². The van der Waals surface area contributed by atoms with Crippen LogP contribution >= 0.6 is 11.6 Å². The molecule has 2 rings (SSSR count). The Hall–Kier alpha value is -2.12. The predicted octanol–water partition coefficient (Wildman–Crippen LogP) is 0.570. The topological polar surface area (TPSA) is 106 Å². The molecule has 0 radical (unpaired) electrons. The van der Waals surface area contributed by atoms with Crippen molar-refractivity contribution in [3.63, 3.8) is 0 Å². The number of H-pyrrole nitrogens is 1. The van der Waals surface area contributed by atoms with Crippen molar-refractivity contribution < 1.29 is 9.53 Å². The lowest BCUT2D eigenvalue weighted by Gasteiger charge is -2.03. The lowest BCUT2D eigenvalue weighted by Crippen LogP contribution is -2.31. The summed E-state index contributed by atoms with van der Waals surface area (Å²) in [6.07, 6.45) is 0.0218. The van der Waals surface area contributed by atoms with Crippen LogP contribution in [0.15, 0.2) is 24.3 Å². The summed E-state index contributed by atoms with van der Waals surface area (Å²) < 4.78 is 5.47. The quantitative estimate of drug-likeness (QED) is 0.422. The van der Waals surface area contributed by atoms with Crippen molar-refractivity contribution in [2.24, 2.45) is 5.84 Å². The molecule has 0 aliphatic heterocycles. The van der Waals surface area contributed by atoms with Gasteiger partial charge in [-0.15, -0.1) is 0 Å². The first-order valence-electron chi connectivity index (χ1n) is 5.45. The van der Waals surface area contributed by atoms with E-state index in [1.807, 2.05) is 5.43 Å². The minimum absolute atomic E-state index is 0.0218. The van der Waals surface area contributed by atoms with Crippen LogP contribution in [0, 0.1) is 0 Å². The molecular formula is C11H12ClN5O2. The molecule has 4 N–H and O–H groups in total. The monoisotopic (exact) mass is 281 g/mol. The maximum atomic E-state index is 11.0. The molecule has 1 aromatic heterocycles. The van der Waals surface area contributed by atoms with Crippen LogP contribution in [-0.4, -0.2) is 21.1 Å². The highest BCUT2D eigenvalue weighted by atomic mass is 35.5. The van der Waals surface area contributed by atoms with Crippen LogP contribution in [0.3, 0.4) is 0 Å². The number of benzene rings is 1. The zero-order valence-electron chi connectivity index (χ0n) is 9.89. The second-order valence-corrected chi connectivity index (χ2v) is 4.12. The van der Waals surface area contributed by atoms with Crippen LogP contribution < -0.4 is 16.0 Å². The van der Waals surface area contributed by atoms with E-state index in [-0.39, 0.29) is 18.9 Å². The number of nitrogens with one attached hydrogen (secondary N) is 2. The number of aromatic nitrogens is 3. The predicted molar refractivity (Wildman–Crippen MR) is 68.2 cm³/mol. The number of hydrogen-bond acceptors (Lipinski definition) is 5. The van der Waals surface area contributed by atoms with Crippen LogP contribution in [0.1, 0.15) is 11.6 Å². The molecule has 7 nitrogen and oxygen atoms in total. The van der Waals surface area contributed by atoms with Gasteiger partial charge in [0.1, 0.15) is 12.4 Å². The third-order valence-electron chi connectivity index (χ3n) is 2.25. The Balaban J connectivity index is 1.89. The van der Waals surface area contributed by atoms with Crippen LogP contribution in [0.2, 0.25) is 5.02 Å². The number of nitrogens with two attached hydrogens (primary N) is 1. The van der Waals surface area contributed by atoms with Gasteiger partial charge in [-0.1, -0.05) is 11.6 Å². The smallest absolute Gasteiger partial charge is 0.241 e. The third kappa shape index (κ3) is 3.94. The van der Waals surface area contributed by atoms with Gasteiger partial charge >= 0.3 is 0 Å². The molecule has 2 aromatic rings. The molecule has 0 fully saturated rings. The number of nitrogens with zero attached hydrogens (tertiary/aromatic N) is 2. The van der Waals surface area contributed by atoms with Crippen molar-refractivity contribution in [1.82, 2.24) is 20.6 Å². The second kappa shape index (κ2) is 6.17. The molecule has 0 atom stereocenters. The summed E-state index contributed by atoms with van der Waals surface area (Å²) in [5.74, 6) is 6.17. The second-order valence-electron chi connectivity index (χ2n) is 3.69. The fourth-order valence-corrected chi connectivity index (χ4v) is 1.48. The standard InChI is InChI=1S/C11H12ClN5O2/c12-7-1-3-8(4-2-7)19-6-10-14-9(16-17-10)5-11(18)15-13/h1-4H,5-6,13H2,(H,15,18)(H,14,16,17). The van der Waals surface area contributed by atoms with Gasteiger partial charge in [-0.05, 0) is 24.3 Å². The number of halogens is 1. The van der Waals surface area contributed by atoms with Gasteiger partial charge in [-0.3, -0.25) is 15.3 Å². The summed E-state index contributed by atoms with van der Waals surface area (Å²) in [4.78, 5) is 15.1. The number of hydrogen-bond donors (Lipinski definition) is 3. The molecule has 100 valence electrons. The number of hydrazine groups is 1. The molecule has 8 heteroatoms. The van der Waals surface area contributed by atoms with E-state index in [0.29, 0.717) is 22.4 Å². The first-order valence-corrected chi connectivity index (χ1v) is 5.83. The fraction of sp³-hybridized carbons (Fsp3) is 0.182. The third-order valence-corrected chi connectivity index (χ3v) is 2.50. The number of carbonyl (C=O) groups excluding carboxylic acids is 1. The van der Waals surface area contributed by atoms with Crippen molar-refractivity contribution in [2.45, 2.75) is 13.0 Å². The van der Waals surface area contributed by atoms with Crippen molar-refractivity contribution in [1.29, 1.82) is 0 Å². The lowest BCUT2D eigenvalue weighted by atomic mass is 10.3. The summed E-state index contributed by atoms with van der Waals surface area (Å²) in [5.41, 5.74) is 2.01. The van der Waals surface area contributed by atoms with Gasteiger partial charge in [0.15, 0.2) is 11.6 Å². The molecule has 19 heavy (non-hydrogen) atoms. The molecule has 0 aliphatic carbocycles. The van der Waals surface area contributed by atoms with Gasteiger partial charge in [0, 0.05) is 5.02 Å². The van der Waals surface area contributed by atoms with Gasteiger partial charge in [-0.25, -0.2) is 10.8 Å². The van der Waals surface area contributed by atoms with Crippen molar-refractivity contribution >= 4 is 17.5 Å². The average Bonchev–Trinajstić information content (AvgIpc) is 2.85. The summed E-state index contributed by atoms with van der Waals surface area (Å²) in [7, 11) is 0. The average molecular weight is 282 g/mol. The van der Waals surface area contributed by atoms with E-state index >= 15 is 0 Å². The number of carbonyl (C=O) groups is 1. The zero-order valence-corrected chi connectivity index (χ0v) is 10.6. The normalized spacial score (nSPS) is 10.2. The first-order chi connectivity index (χ1) is 9.17. The van der Waals surface area contributed by atoms with E-state index in [1.165, 1.54) is 0 Å². The molecule has 1 heterocycles. The van der Waals surface area contributed by atoms with Crippen molar-refractivity contribution in [2.75, 3.05) is 0 Å². The van der Waals surface area contributed by atoms with Crippen molar-refractivity contribution in [3.8, 4) is 5.75 Å². The Kier molecular flexibility index (Phi) is 4.32. The molecule has 0 saturated heterocycles. The molecule has 1 aromatic carbocycles. The van der Waals surface area contributed by atoms with E-state index in [9.17, 15) is 4.79 Å². The van der Waals surface area contributed by atoms with E-state index < -0.39 is 0 Å². The summed E-state index contributed by atoms with van der Waals surface area (Å²) in [5, 5.41) is 7.20. The maximum absolute atomic E-state index is 11.0. The Morgan fingerprint density at radius 2 is 2.16 bits per heavy atom. The van der Waals surface area contributed by atoms with Gasteiger partial charge in [-0.2, -0.15) is 5.10 Å². The number of ether oxygens (including phenoxy) is 1. The van der Waals surface area contributed by atoms with Gasteiger partial charge in [0.05, 0.1) is 6.42 Å². The molecule has 0 aliphatic rings. The Bertz CT molecular complexity index is 554. The Labute approximate surface area is 114 Å². The highest BCUT2D eigenvalue weighted by Crippen LogP contribution is 2.16. The SMILES string of the molecule is NNC(=O)Cc1n[nH]c(COc2ccc(Cl)cc2)n1. The van der Waals surface area contributed by atoms with Gasteiger partial charge in [0.25, 0.3) is 0 Å². The van der Waals surface area contributed by atoms with Crippen LogP contribution in [0.25, 0.3) is 0 Å². The molecule has 1 amide bonds.